The van der Waals surface area contributed by atoms with Gasteiger partial charge in [0.2, 0.25) is 0 Å². The molecule has 27 heavy (non-hydrogen) atoms. The topological polar surface area (TPSA) is 81.7 Å². The molecule has 0 radical (unpaired) electrons. The highest BCUT2D eigenvalue weighted by atomic mass is 32.2. The van der Waals surface area contributed by atoms with Gasteiger partial charge in [0.15, 0.2) is 11.5 Å². The number of hydrogen-bond acceptors (Lipinski definition) is 6. The molecule has 1 N–H and O–H groups in total. The number of rotatable bonds is 6. The van der Waals surface area contributed by atoms with Crippen LogP contribution in [0.3, 0.4) is 0 Å². The Bertz CT molecular complexity index is 768. The number of amides is 2. The van der Waals surface area contributed by atoms with E-state index in [1.54, 1.807) is 24.3 Å². The summed E-state index contributed by atoms with van der Waals surface area (Å²) >= 11 is 0.857. The van der Waals surface area contributed by atoms with Crippen LogP contribution in [0.2, 0.25) is 0 Å². The van der Waals surface area contributed by atoms with Crippen LogP contribution in [0.1, 0.15) is 51.0 Å². The third kappa shape index (κ3) is 5.35. The minimum Gasteiger partial charge on any atom is -0.490 e. The summed E-state index contributed by atoms with van der Waals surface area (Å²) in [5.74, 6) is 0.565. The number of esters is 1. The molecule has 144 valence electrons. The first-order valence-electron chi connectivity index (χ1n) is 9.27. The summed E-state index contributed by atoms with van der Waals surface area (Å²) in [6.45, 7) is 2.26. The molecule has 2 aliphatic rings. The van der Waals surface area contributed by atoms with Gasteiger partial charge in [-0.05, 0) is 61.2 Å². The minimum absolute atomic E-state index is 0.245. The first kappa shape index (κ1) is 19.5. The molecule has 1 heterocycles. The van der Waals surface area contributed by atoms with E-state index in [1.165, 1.54) is 19.3 Å². The van der Waals surface area contributed by atoms with Crippen molar-refractivity contribution in [1.29, 1.82) is 0 Å². The standard InChI is InChI=1S/C20H23NO5S/c1-2-25-16-10-14(11-17-19(23)21-20(24)27-17)8-9-15(16)26-18(22)12-13-6-4-3-5-7-13/h8-11,13H,2-7,12H2,1H3,(H,21,23,24). The first-order chi connectivity index (χ1) is 13.0. The molecule has 1 aliphatic heterocycles. The van der Waals surface area contributed by atoms with E-state index in [4.69, 9.17) is 9.47 Å². The van der Waals surface area contributed by atoms with E-state index in [0.717, 1.165) is 24.6 Å². The monoisotopic (exact) mass is 389 g/mol. The number of carbonyl (C=O) groups is 3. The summed E-state index contributed by atoms with van der Waals surface area (Å²) in [4.78, 5) is 35.6. The Labute approximate surface area is 162 Å². The predicted octanol–water partition coefficient (Wildman–Crippen LogP) is 4.29. The molecule has 2 fully saturated rings. The van der Waals surface area contributed by atoms with Crippen LogP contribution < -0.4 is 14.8 Å². The summed E-state index contributed by atoms with van der Waals surface area (Å²) in [5.41, 5.74) is 0.692. The van der Waals surface area contributed by atoms with Crippen molar-refractivity contribution in [1.82, 2.24) is 5.32 Å². The van der Waals surface area contributed by atoms with Gasteiger partial charge in [-0.15, -0.1) is 0 Å². The Morgan fingerprint density at radius 1 is 1.22 bits per heavy atom. The lowest BCUT2D eigenvalue weighted by molar-refractivity contribution is -0.135. The maximum Gasteiger partial charge on any atom is 0.311 e. The average Bonchev–Trinajstić information content (AvgIpc) is 2.95. The molecule has 0 atom stereocenters. The van der Waals surface area contributed by atoms with Crippen molar-refractivity contribution in [3.8, 4) is 11.5 Å². The second-order valence-electron chi connectivity index (χ2n) is 6.67. The normalized spacial score (nSPS) is 19.2. The average molecular weight is 389 g/mol. The summed E-state index contributed by atoms with van der Waals surface area (Å²) in [7, 11) is 0. The highest BCUT2D eigenvalue weighted by Crippen LogP contribution is 2.33. The molecule has 7 heteroatoms. The molecule has 2 amide bonds. The van der Waals surface area contributed by atoms with E-state index < -0.39 is 5.91 Å². The first-order valence-corrected chi connectivity index (χ1v) is 10.1. The molecule has 1 saturated heterocycles. The van der Waals surface area contributed by atoms with Crippen molar-refractivity contribution in [2.75, 3.05) is 6.61 Å². The molecule has 1 saturated carbocycles. The van der Waals surface area contributed by atoms with Crippen molar-refractivity contribution in [2.45, 2.75) is 45.4 Å². The van der Waals surface area contributed by atoms with Gasteiger partial charge in [0.05, 0.1) is 11.5 Å². The fourth-order valence-corrected chi connectivity index (χ4v) is 4.01. The summed E-state index contributed by atoms with van der Waals surface area (Å²) in [5, 5.41) is 1.83. The van der Waals surface area contributed by atoms with Crippen LogP contribution in [0.25, 0.3) is 6.08 Å². The fraction of sp³-hybridized carbons (Fsp3) is 0.450. The van der Waals surface area contributed by atoms with Crippen LogP contribution in [0.15, 0.2) is 23.1 Å². The third-order valence-corrected chi connectivity index (χ3v) is 5.42. The number of nitrogens with one attached hydrogen (secondary N) is 1. The van der Waals surface area contributed by atoms with E-state index in [0.29, 0.717) is 40.9 Å². The maximum atomic E-state index is 12.3. The van der Waals surface area contributed by atoms with Crippen molar-refractivity contribution in [3.63, 3.8) is 0 Å². The number of benzene rings is 1. The highest BCUT2D eigenvalue weighted by Gasteiger charge is 2.25. The Morgan fingerprint density at radius 2 is 2.00 bits per heavy atom. The van der Waals surface area contributed by atoms with Gasteiger partial charge in [0.1, 0.15) is 0 Å². The minimum atomic E-state index is -0.411. The molecule has 3 rings (SSSR count). The molecule has 0 spiro atoms. The van der Waals surface area contributed by atoms with Gasteiger partial charge in [-0.2, -0.15) is 0 Å². The highest BCUT2D eigenvalue weighted by molar-refractivity contribution is 8.18. The van der Waals surface area contributed by atoms with Crippen LogP contribution in [-0.2, 0) is 9.59 Å². The number of thioether (sulfide) groups is 1. The lowest BCUT2D eigenvalue weighted by Gasteiger charge is -2.20. The molecule has 0 bridgehead atoms. The van der Waals surface area contributed by atoms with E-state index >= 15 is 0 Å². The SMILES string of the molecule is CCOc1cc(C=C2SC(=O)NC2=O)ccc1OC(=O)CC1CCCCC1. The molecule has 1 aromatic rings. The van der Waals surface area contributed by atoms with E-state index in [2.05, 4.69) is 5.32 Å². The summed E-state index contributed by atoms with van der Waals surface area (Å²) in [6.07, 6.45) is 7.81. The smallest absolute Gasteiger partial charge is 0.311 e. The number of ether oxygens (including phenoxy) is 2. The Balaban J connectivity index is 1.71. The quantitative estimate of drug-likeness (QED) is 0.444. The second kappa shape index (κ2) is 9.08. The van der Waals surface area contributed by atoms with Crippen LogP contribution in [0.5, 0.6) is 11.5 Å². The Kier molecular flexibility index (Phi) is 6.55. The third-order valence-electron chi connectivity index (χ3n) is 4.61. The number of carbonyl (C=O) groups excluding carboxylic acids is 3. The van der Waals surface area contributed by atoms with E-state index in [9.17, 15) is 14.4 Å². The second-order valence-corrected chi connectivity index (χ2v) is 7.69. The summed E-state index contributed by atoms with van der Waals surface area (Å²) in [6, 6.07) is 5.10. The van der Waals surface area contributed by atoms with E-state index in [-0.39, 0.29) is 11.2 Å². The van der Waals surface area contributed by atoms with Gasteiger partial charge in [-0.3, -0.25) is 19.7 Å². The van der Waals surface area contributed by atoms with Gasteiger partial charge in [0.25, 0.3) is 11.1 Å². The lowest BCUT2D eigenvalue weighted by Crippen LogP contribution is -2.17. The Morgan fingerprint density at radius 3 is 2.67 bits per heavy atom. The Hall–Kier alpha value is -2.28. The summed E-state index contributed by atoms with van der Waals surface area (Å²) < 4.78 is 11.1. The van der Waals surface area contributed by atoms with Gasteiger partial charge in [-0.1, -0.05) is 25.3 Å². The predicted molar refractivity (Wildman–Crippen MR) is 104 cm³/mol. The molecule has 0 unspecified atom stereocenters. The molecular formula is C20H23NO5S. The maximum absolute atomic E-state index is 12.3. The van der Waals surface area contributed by atoms with Crippen LogP contribution in [-0.4, -0.2) is 23.7 Å². The van der Waals surface area contributed by atoms with Crippen molar-refractivity contribution in [2.24, 2.45) is 5.92 Å². The van der Waals surface area contributed by atoms with Gasteiger partial charge in [-0.25, -0.2) is 0 Å². The van der Waals surface area contributed by atoms with E-state index in [1.807, 2.05) is 6.92 Å². The van der Waals surface area contributed by atoms with Crippen molar-refractivity contribution >= 4 is 35.0 Å². The fourth-order valence-electron chi connectivity index (χ4n) is 3.33. The largest absolute Gasteiger partial charge is 0.490 e. The number of hydrogen-bond donors (Lipinski definition) is 1. The molecular weight excluding hydrogens is 366 g/mol. The van der Waals surface area contributed by atoms with Crippen molar-refractivity contribution in [3.05, 3.63) is 28.7 Å². The molecule has 6 nitrogen and oxygen atoms in total. The number of imide groups is 1. The van der Waals surface area contributed by atoms with Gasteiger partial charge in [0, 0.05) is 6.42 Å². The molecule has 1 aliphatic carbocycles. The van der Waals surface area contributed by atoms with Crippen LogP contribution in [0.4, 0.5) is 4.79 Å². The van der Waals surface area contributed by atoms with Crippen LogP contribution >= 0.6 is 11.8 Å². The zero-order chi connectivity index (χ0) is 19.2. The zero-order valence-corrected chi connectivity index (χ0v) is 16.1. The van der Waals surface area contributed by atoms with Crippen molar-refractivity contribution < 1.29 is 23.9 Å². The lowest BCUT2D eigenvalue weighted by atomic mass is 9.87. The van der Waals surface area contributed by atoms with Gasteiger partial charge >= 0.3 is 5.97 Å². The molecule has 1 aromatic carbocycles. The molecule has 0 aromatic heterocycles. The zero-order valence-electron chi connectivity index (χ0n) is 15.3. The van der Waals surface area contributed by atoms with Gasteiger partial charge < -0.3 is 9.47 Å². The van der Waals surface area contributed by atoms with Crippen LogP contribution in [0, 0.1) is 5.92 Å².